The van der Waals surface area contributed by atoms with Crippen LogP contribution in [0.2, 0.25) is 0 Å². The smallest absolute Gasteiger partial charge is 0.247 e. The minimum atomic E-state index is 0.561. The van der Waals surface area contributed by atoms with E-state index in [2.05, 4.69) is 10.2 Å². The summed E-state index contributed by atoms with van der Waals surface area (Å²) in [4.78, 5) is 0. The highest BCUT2D eigenvalue weighted by atomic mass is 16.4. The van der Waals surface area contributed by atoms with Crippen molar-refractivity contribution >= 4 is 0 Å². The van der Waals surface area contributed by atoms with Gasteiger partial charge < -0.3 is 10.2 Å². The molecule has 0 aliphatic heterocycles. The minimum absolute atomic E-state index is 0.561. The Morgan fingerprint density at radius 3 is 2.31 bits per heavy atom. The van der Waals surface area contributed by atoms with Crippen molar-refractivity contribution in [3.8, 4) is 11.5 Å². The average Bonchev–Trinajstić information content (AvgIpc) is 2.82. The molecule has 4 heteroatoms. The maximum atomic E-state index is 5.38. The molecule has 16 heavy (non-hydrogen) atoms. The number of hydrogen-bond acceptors (Lipinski definition) is 4. The van der Waals surface area contributed by atoms with Gasteiger partial charge in [-0.25, -0.2) is 0 Å². The lowest BCUT2D eigenvalue weighted by atomic mass is 9.95. The van der Waals surface area contributed by atoms with Crippen LogP contribution in [-0.4, -0.2) is 16.2 Å². The third kappa shape index (κ3) is 2.90. The molecule has 0 radical (unpaired) electrons. The lowest BCUT2D eigenvalue weighted by Gasteiger charge is -2.18. The number of nitrogens with zero attached hydrogens (tertiary/aromatic N) is 2. The van der Waals surface area contributed by atoms with Crippen LogP contribution in [0.3, 0.4) is 0 Å². The fourth-order valence-corrected chi connectivity index (χ4v) is 1.32. The zero-order valence-corrected chi connectivity index (χ0v) is 9.04. The molecule has 0 amide bonds. The predicted molar refractivity (Wildman–Crippen MR) is 61.6 cm³/mol. The van der Waals surface area contributed by atoms with Crippen molar-refractivity contribution < 1.29 is 4.42 Å². The first kappa shape index (κ1) is 10.8. The van der Waals surface area contributed by atoms with E-state index in [1.165, 1.54) is 25.7 Å². The number of benzene rings is 1. The highest BCUT2D eigenvalue weighted by Gasteiger charge is 2.09. The molecule has 2 N–H and O–H groups in total. The molecule has 1 aliphatic rings. The SMILES string of the molecule is NC1CCC1.c1ccc(-c2nnco2)cc1. The van der Waals surface area contributed by atoms with E-state index in [1.807, 2.05) is 30.3 Å². The van der Waals surface area contributed by atoms with Gasteiger partial charge in [-0.1, -0.05) is 24.6 Å². The number of rotatable bonds is 1. The largest absolute Gasteiger partial charge is 0.423 e. The van der Waals surface area contributed by atoms with Gasteiger partial charge in [0.05, 0.1) is 0 Å². The molecule has 84 valence electrons. The van der Waals surface area contributed by atoms with Gasteiger partial charge in [0.1, 0.15) is 0 Å². The number of aromatic nitrogens is 2. The summed E-state index contributed by atoms with van der Waals surface area (Å²) < 4.78 is 5.00. The number of nitrogens with two attached hydrogens (primary N) is 1. The molecule has 0 unspecified atom stereocenters. The van der Waals surface area contributed by atoms with Gasteiger partial charge in [-0.05, 0) is 25.0 Å². The Balaban J connectivity index is 0.000000162. The quantitative estimate of drug-likeness (QED) is 0.795. The van der Waals surface area contributed by atoms with Gasteiger partial charge in [-0.15, -0.1) is 10.2 Å². The second kappa shape index (κ2) is 5.42. The molecular formula is C12H15N3O. The minimum Gasteiger partial charge on any atom is -0.423 e. The van der Waals surface area contributed by atoms with E-state index in [1.54, 1.807) is 0 Å². The van der Waals surface area contributed by atoms with Crippen molar-refractivity contribution in [1.29, 1.82) is 0 Å². The van der Waals surface area contributed by atoms with E-state index in [4.69, 9.17) is 10.2 Å². The van der Waals surface area contributed by atoms with Crippen LogP contribution in [0.15, 0.2) is 41.1 Å². The molecule has 1 fully saturated rings. The second-order valence-electron chi connectivity index (χ2n) is 3.80. The van der Waals surface area contributed by atoms with Gasteiger partial charge in [0.2, 0.25) is 12.3 Å². The van der Waals surface area contributed by atoms with Gasteiger partial charge in [-0.3, -0.25) is 0 Å². The average molecular weight is 217 g/mol. The molecule has 1 aliphatic carbocycles. The van der Waals surface area contributed by atoms with E-state index in [-0.39, 0.29) is 0 Å². The third-order valence-electron chi connectivity index (χ3n) is 2.53. The van der Waals surface area contributed by atoms with Crippen molar-refractivity contribution in [1.82, 2.24) is 10.2 Å². The number of hydrogen-bond donors (Lipinski definition) is 1. The molecular weight excluding hydrogens is 202 g/mol. The van der Waals surface area contributed by atoms with E-state index in [9.17, 15) is 0 Å². The monoisotopic (exact) mass is 217 g/mol. The normalized spacial score (nSPS) is 14.8. The summed E-state index contributed by atoms with van der Waals surface area (Å²) in [6.07, 6.45) is 5.21. The molecule has 0 saturated heterocycles. The molecule has 4 nitrogen and oxygen atoms in total. The molecule has 0 bridgehead atoms. The van der Waals surface area contributed by atoms with Gasteiger partial charge in [0.15, 0.2) is 0 Å². The Morgan fingerprint density at radius 2 is 1.88 bits per heavy atom. The van der Waals surface area contributed by atoms with Crippen LogP contribution in [0, 0.1) is 0 Å². The Bertz CT molecular complexity index is 395. The Labute approximate surface area is 94.5 Å². The summed E-state index contributed by atoms with van der Waals surface area (Å²) in [6, 6.07) is 10.2. The summed E-state index contributed by atoms with van der Waals surface area (Å²) in [5.41, 5.74) is 6.33. The highest BCUT2D eigenvalue weighted by Crippen LogP contribution is 2.14. The molecule has 1 saturated carbocycles. The Hall–Kier alpha value is -1.68. The third-order valence-corrected chi connectivity index (χ3v) is 2.53. The second-order valence-corrected chi connectivity index (χ2v) is 3.80. The zero-order valence-electron chi connectivity index (χ0n) is 9.04. The van der Waals surface area contributed by atoms with Crippen LogP contribution in [0.4, 0.5) is 0 Å². The van der Waals surface area contributed by atoms with Crippen molar-refractivity contribution in [2.24, 2.45) is 5.73 Å². The summed E-state index contributed by atoms with van der Waals surface area (Å²) in [5.74, 6) is 0.561. The summed E-state index contributed by atoms with van der Waals surface area (Å²) in [5, 5.41) is 7.35. The van der Waals surface area contributed by atoms with Crippen molar-refractivity contribution in [3.63, 3.8) is 0 Å². The van der Waals surface area contributed by atoms with Crippen LogP contribution in [0.25, 0.3) is 11.5 Å². The van der Waals surface area contributed by atoms with Crippen LogP contribution in [0.5, 0.6) is 0 Å². The predicted octanol–water partition coefficient (Wildman–Crippen LogP) is 2.23. The van der Waals surface area contributed by atoms with E-state index >= 15 is 0 Å². The lowest BCUT2D eigenvalue weighted by Crippen LogP contribution is -2.27. The summed E-state index contributed by atoms with van der Waals surface area (Å²) in [6.45, 7) is 0. The molecule has 3 rings (SSSR count). The maximum Gasteiger partial charge on any atom is 0.247 e. The van der Waals surface area contributed by atoms with Gasteiger partial charge in [-0.2, -0.15) is 0 Å². The fraction of sp³-hybridized carbons (Fsp3) is 0.333. The topological polar surface area (TPSA) is 64.9 Å². The molecule has 1 aromatic heterocycles. The first-order valence-corrected chi connectivity index (χ1v) is 5.43. The van der Waals surface area contributed by atoms with Crippen molar-refractivity contribution in [2.45, 2.75) is 25.3 Å². The Morgan fingerprint density at radius 1 is 1.19 bits per heavy atom. The standard InChI is InChI=1S/C8H6N2O.C4H9N/c1-2-4-7(5-3-1)8-10-9-6-11-8;5-4-2-1-3-4/h1-6H;4H,1-3,5H2. The van der Waals surface area contributed by atoms with Crippen LogP contribution in [-0.2, 0) is 0 Å². The molecule has 1 aromatic carbocycles. The van der Waals surface area contributed by atoms with Gasteiger partial charge >= 0.3 is 0 Å². The van der Waals surface area contributed by atoms with Gasteiger partial charge in [0.25, 0.3) is 0 Å². The van der Waals surface area contributed by atoms with Gasteiger partial charge in [0, 0.05) is 11.6 Å². The van der Waals surface area contributed by atoms with E-state index in [0.717, 1.165) is 5.56 Å². The van der Waals surface area contributed by atoms with E-state index in [0.29, 0.717) is 11.9 Å². The van der Waals surface area contributed by atoms with Crippen LogP contribution in [0.1, 0.15) is 19.3 Å². The summed E-state index contributed by atoms with van der Waals surface area (Å²) >= 11 is 0. The fourth-order valence-electron chi connectivity index (χ4n) is 1.32. The molecule has 0 spiro atoms. The molecule has 1 heterocycles. The van der Waals surface area contributed by atoms with Crippen LogP contribution >= 0.6 is 0 Å². The molecule has 0 atom stereocenters. The Kier molecular flexibility index (Phi) is 3.66. The van der Waals surface area contributed by atoms with Crippen LogP contribution < -0.4 is 5.73 Å². The lowest BCUT2D eigenvalue weighted by molar-refractivity contribution is 0.418. The van der Waals surface area contributed by atoms with Crippen molar-refractivity contribution in [2.75, 3.05) is 0 Å². The maximum absolute atomic E-state index is 5.38. The van der Waals surface area contributed by atoms with Crippen molar-refractivity contribution in [3.05, 3.63) is 36.7 Å². The van der Waals surface area contributed by atoms with E-state index < -0.39 is 0 Å². The first-order chi connectivity index (χ1) is 7.86. The zero-order chi connectivity index (χ0) is 11.2. The summed E-state index contributed by atoms with van der Waals surface area (Å²) in [7, 11) is 0. The highest BCUT2D eigenvalue weighted by molar-refractivity contribution is 5.51. The first-order valence-electron chi connectivity index (χ1n) is 5.43. The molecule has 2 aromatic rings.